The average molecular weight is 627 g/mol. The van der Waals surface area contributed by atoms with Crippen molar-refractivity contribution in [1.82, 2.24) is 14.9 Å². The molecule has 3 aromatic rings. The van der Waals surface area contributed by atoms with Crippen LogP contribution in [-0.2, 0) is 22.6 Å². The molecule has 0 radical (unpaired) electrons. The van der Waals surface area contributed by atoms with Crippen LogP contribution in [0.5, 0.6) is 11.5 Å². The van der Waals surface area contributed by atoms with E-state index >= 15 is 0 Å². The average Bonchev–Trinajstić information content (AvgIpc) is 3.69. The van der Waals surface area contributed by atoms with Crippen LogP contribution in [0, 0.1) is 17.2 Å². The molecule has 13 heteroatoms. The number of amides is 2. The fourth-order valence-corrected chi connectivity index (χ4v) is 6.53. The molecule has 2 amide bonds. The van der Waals surface area contributed by atoms with Gasteiger partial charge in [-0.25, -0.2) is 14.4 Å². The minimum Gasteiger partial charge on any atom is -0.450 e. The van der Waals surface area contributed by atoms with Gasteiger partial charge in [0.05, 0.1) is 18.3 Å². The molecule has 0 bridgehead atoms. The van der Waals surface area contributed by atoms with E-state index in [0.717, 1.165) is 61.4 Å². The first-order valence-corrected chi connectivity index (χ1v) is 14.9. The Kier molecular flexibility index (Phi) is 8.14. The van der Waals surface area contributed by atoms with Crippen LogP contribution < -0.4 is 19.9 Å². The first-order chi connectivity index (χ1) is 21.4. The van der Waals surface area contributed by atoms with Crippen molar-refractivity contribution in [3.8, 4) is 11.5 Å². The summed E-state index contributed by atoms with van der Waals surface area (Å²) in [6.45, 7) is 5.31. The highest BCUT2D eigenvalue weighted by molar-refractivity contribution is 5.99. The van der Waals surface area contributed by atoms with Gasteiger partial charge in [0, 0.05) is 49.3 Å². The maximum absolute atomic E-state index is 14.4. The minimum atomic E-state index is -4.72. The number of nitrogens with zero attached hydrogens (tertiary/aromatic N) is 5. The van der Waals surface area contributed by atoms with Crippen molar-refractivity contribution in [1.29, 1.82) is 0 Å². The lowest BCUT2D eigenvalue weighted by Gasteiger charge is -2.28. The van der Waals surface area contributed by atoms with Crippen LogP contribution in [0.2, 0.25) is 0 Å². The highest BCUT2D eigenvalue weighted by Gasteiger charge is 2.44. The van der Waals surface area contributed by atoms with E-state index in [1.54, 1.807) is 0 Å². The lowest BCUT2D eigenvalue weighted by molar-refractivity contribution is -0.134. The summed E-state index contributed by atoms with van der Waals surface area (Å²) < 4.78 is 61.0. The lowest BCUT2D eigenvalue weighted by atomic mass is 9.86. The zero-order valence-electron chi connectivity index (χ0n) is 25.0. The minimum absolute atomic E-state index is 0.0136. The largest absolute Gasteiger partial charge is 0.450 e. The Hall–Kier alpha value is -4.26. The lowest BCUT2D eigenvalue weighted by Crippen LogP contribution is -2.41. The van der Waals surface area contributed by atoms with E-state index < -0.39 is 30.4 Å². The molecule has 0 aliphatic carbocycles. The van der Waals surface area contributed by atoms with E-state index in [1.807, 2.05) is 12.1 Å². The topological polar surface area (TPSA) is 90.9 Å². The number of ether oxygens (including phenoxy) is 1. The Morgan fingerprint density at radius 1 is 1.11 bits per heavy atom. The van der Waals surface area contributed by atoms with Crippen molar-refractivity contribution < 1.29 is 31.9 Å². The van der Waals surface area contributed by atoms with Crippen molar-refractivity contribution in [2.45, 2.75) is 45.8 Å². The third kappa shape index (κ3) is 6.73. The molecule has 3 aliphatic heterocycles. The van der Waals surface area contributed by atoms with Crippen LogP contribution in [0.25, 0.3) is 0 Å². The summed E-state index contributed by atoms with van der Waals surface area (Å²) in [6.07, 6.45) is 0.397. The van der Waals surface area contributed by atoms with Crippen molar-refractivity contribution in [2.75, 3.05) is 47.8 Å². The number of nitrogens with one attached hydrogen (secondary N) is 1. The molecule has 2 fully saturated rings. The Balaban J connectivity index is 1.19. The molecule has 1 unspecified atom stereocenters. The summed E-state index contributed by atoms with van der Waals surface area (Å²) in [4.78, 5) is 38.1. The molecular weight excluding hydrogens is 592 g/mol. The first-order valence-electron chi connectivity index (χ1n) is 14.9. The number of benzene rings is 2. The highest BCUT2D eigenvalue weighted by atomic mass is 19.4. The third-order valence-corrected chi connectivity index (χ3v) is 8.65. The number of carbonyl (C=O) groups excluding carboxylic acids is 2. The van der Waals surface area contributed by atoms with Gasteiger partial charge < -0.3 is 15.0 Å². The molecule has 9 nitrogen and oxygen atoms in total. The number of likely N-dealkylation sites (tertiary alicyclic amines) is 1. The third-order valence-electron chi connectivity index (χ3n) is 8.65. The van der Waals surface area contributed by atoms with Crippen LogP contribution in [0.4, 0.5) is 34.8 Å². The Labute approximate surface area is 258 Å². The van der Waals surface area contributed by atoms with Crippen LogP contribution >= 0.6 is 0 Å². The Bertz CT molecular complexity index is 1620. The second-order valence-corrected chi connectivity index (χ2v) is 12.5. The number of rotatable bonds is 8. The smallest absolute Gasteiger partial charge is 0.406 e. The van der Waals surface area contributed by atoms with Crippen molar-refractivity contribution in [2.24, 2.45) is 11.3 Å². The molecule has 238 valence electrons. The number of anilines is 3. The number of carbonyl (C=O) groups is 2. The molecule has 2 aromatic carbocycles. The second-order valence-electron chi connectivity index (χ2n) is 12.5. The van der Waals surface area contributed by atoms with Gasteiger partial charge in [-0.1, -0.05) is 26.0 Å². The summed E-state index contributed by atoms with van der Waals surface area (Å²) in [5.41, 5.74) is 2.73. The highest BCUT2D eigenvalue weighted by Crippen LogP contribution is 2.44. The number of halogens is 4. The van der Waals surface area contributed by atoms with Gasteiger partial charge in [0.2, 0.25) is 11.8 Å². The Morgan fingerprint density at radius 3 is 2.69 bits per heavy atom. The Morgan fingerprint density at radius 2 is 1.91 bits per heavy atom. The predicted octanol–water partition coefficient (Wildman–Crippen LogP) is 5.56. The molecule has 1 spiro atoms. The number of alkyl halides is 3. The number of aromatic nitrogens is 2. The van der Waals surface area contributed by atoms with Gasteiger partial charge >= 0.3 is 6.18 Å². The molecular formula is C32H34F4N6O3. The fraction of sp³-hybridized carbons (Fsp3) is 0.438. The van der Waals surface area contributed by atoms with Gasteiger partial charge in [0.25, 0.3) is 0 Å². The fourth-order valence-electron chi connectivity index (χ4n) is 6.53. The molecule has 45 heavy (non-hydrogen) atoms. The van der Waals surface area contributed by atoms with E-state index in [-0.39, 0.29) is 28.5 Å². The molecule has 3 aliphatic rings. The number of hydrogen-bond acceptors (Lipinski definition) is 7. The molecule has 6 rings (SSSR count). The van der Waals surface area contributed by atoms with Crippen LogP contribution in [-0.4, -0.2) is 65.6 Å². The van der Waals surface area contributed by atoms with E-state index in [0.29, 0.717) is 30.2 Å². The summed E-state index contributed by atoms with van der Waals surface area (Å²) in [5, 5.41) is 2.91. The number of hydrogen-bond donors (Lipinski definition) is 1. The first kappa shape index (κ1) is 30.8. The van der Waals surface area contributed by atoms with Gasteiger partial charge in [-0.15, -0.1) is 0 Å². The normalized spacial score (nSPS) is 19.8. The molecule has 4 heterocycles. The maximum Gasteiger partial charge on any atom is 0.406 e. The van der Waals surface area contributed by atoms with E-state index in [9.17, 15) is 27.2 Å². The van der Waals surface area contributed by atoms with Crippen LogP contribution in [0.1, 0.15) is 37.8 Å². The van der Waals surface area contributed by atoms with Gasteiger partial charge in [0.1, 0.15) is 18.7 Å². The predicted molar refractivity (Wildman–Crippen MR) is 160 cm³/mol. The zero-order chi connectivity index (χ0) is 31.9. The summed E-state index contributed by atoms with van der Waals surface area (Å²) >= 11 is 0. The van der Waals surface area contributed by atoms with Gasteiger partial charge in [0.15, 0.2) is 17.3 Å². The van der Waals surface area contributed by atoms with E-state index in [1.165, 1.54) is 32.4 Å². The van der Waals surface area contributed by atoms with E-state index in [4.69, 9.17) is 4.74 Å². The molecule has 1 N–H and O–H groups in total. The molecule has 2 saturated heterocycles. The van der Waals surface area contributed by atoms with Crippen molar-refractivity contribution in [3.05, 3.63) is 65.9 Å². The number of fused-ring (bicyclic) bond motifs is 1. The second kappa shape index (κ2) is 11.9. The molecule has 1 aromatic heterocycles. The summed E-state index contributed by atoms with van der Waals surface area (Å²) in [5.74, 6) is -1.82. The quantitative estimate of drug-likeness (QED) is 0.328. The van der Waals surface area contributed by atoms with Gasteiger partial charge in [-0.05, 0) is 48.7 Å². The summed E-state index contributed by atoms with van der Waals surface area (Å²) in [7, 11) is 0. The maximum atomic E-state index is 14.4. The van der Waals surface area contributed by atoms with E-state index in [2.05, 4.69) is 31.2 Å². The summed E-state index contributed by atoms with van der Waals surface area (Å²) in [6, 6.07) is 9.28. The SMILES string of the molecule is CC(C)C(=O)N(CC(F)(F)F)c1cc(F)ccc1Oc1cncnc1N1CCC2(CCN(Cc3ccc4c(c3)NC(=O)C4)C2)C1. The van der Waals surface area contributed by atoms with Crippen LogP contribution in [0.3, 0.4) is 0 Å². The van der Waals surface area contributed by atoms with Gasteiger partial charge in [-0.3, -0.25) is 19.4 Å². The monoisotopic (exact) mass is 626 g/mol. The van der Waals surface area contributed by atoms with Crippen LogP contribution in [0.15, 0.2) is 48.9 Å². The molecule has 0 saturated carbocycles. The van der Waals surface area contributed by atoms with Gasteiger partial charge in [-0.2, -0.15) is 13.2 Å². The molecule has 1 atom stereocenters. The van der Waals surface area contributed by atoms with Crippen molar-refractivity contribution in [3.63, 3.8) is 0 Å². The standard InChI is InChI=1S/C32H34F4N6O3/c1-20(2)30(44)42(18-32(34,35)36)25-13-23(33)5-6-26(25)45-27-14-37-19-38-29(27)41-10-8-31(17-41)7-9-40(16-31)15-21-3-4-22-12-28(43)39-24(22)11-21/h3-6,11,13-14,19-20H,7-10,12,15-18H2,1-2H3,(H,39,43). The zero-order valence-corrected chi connectivity index (χ0v) is 25.0. The van der Waals surface area contributed by atoms with Crippen molar-refractivity contribution >= 4 is 29.0 Å².